The summed E-state index contributed by atoms with van der Waals surface area (Å²) in [5.74, 6) is 0.160. The van der Waals surface area contributed by atoms with Gasteiger partial charge in [0, 0.05) is 45.2 Å². The molecule has 0 aromatic carbocycles. The summed E-state index contributed by atoms with van der Waals surface area (Å²) in [7, 11) is 0. The van der Waals surface area contributed by atoms with Crippen molar-refractivity contribution in [3.05, 3.63) is 30.1 Å². The Morgan fingerprint density at radius 2 is 2.25 bits per heavy atom. The van der Waals surface area contributed by atoms with Crippen molar-refractivity contribution < 1.29 is 14.3 Å². The Bertz CT molecular complexity index is 497. The summed E-state index contributed by atoms with van der Waals surface area (Å²) in [6.07, 6.45) is 6.15. The molecule has 134 valence electrons. The van der Waals surface area contributed by atoms with E-state index in [1.807, 2.05) is 23.2 Å². The third-order valence-corrected chi connectivity index (χ3v) is 4.47. The highest BCUT2D eigenvalue weighted by atomic mass is 35.5. The molecule has 7 heteroatoms. The van der Waals surface area contributed by atoms with Crippen molar-refractivity contribution in [1.29, 1.82) is 0 Å². The predicted molar refractivity (Wildman–Crippen MR) is 93.2 cm³/mol. The molecule has 2 saturated heterocycles. The first-order valence-electron chi connectivity index (χ1n) is 8.44. The quantitative estimate of drug-likeness (QED) is 0.868. The maximum atomic E-state index is 12.6. The van der Waals surface area contributed by atoms with Gasteiger partial charge in [-0.2, -0.15) is 0 Å². The van der Waals surface area contributed by atoms with Gasteiger partial charge in [0.2, 0.25) is 5.91 Å². The zero-order valence-corrected chi connectivity index (χ0v) is 14.7. The van der Waals surface area contributed by atoms with Crippen LogP contribution in [0.3, 0.4) is 0 Å². The van der Waals surface area contributed by atoms with Gasteiger partial charge in [-0.3, -0.25) is 9.78 Å². The number of hydrogen-bond acceptors (Lipinski definition) is 5. The third kappa shape index (κ3) is 5.14. The predicted octanol–water partition coefficient (Wildman–Crippen LogP) is 1.56. The molecule has 24 heavy (non-hydrogen) atoms. The van der Waals surface area contributed by atoms with E-state index < -0.39 is 0 Å². The number of ether oxygens (including phenoxy) is 2. The minimum Gasteiger partial charge on any atom is -0.381 e. The first-order chi connectivity index (χ1) is 11.3. The highest BCUT2D eigenvalue weighted by molar-refractivity contribution is 5.85. The smallest absolute Gasteiger partial charge is 0.225 e. The van der Waals surface area contributed by atoms with E-state index in [4.69, 9.17) is 9.47 Å². The summed E-state index contributed by atoms with van der Waals surface area (Å²) in [4.78, 5) is 18.7. The van der Waals surface area contributed by atoms with Crippen LogP contribution in [0.2, 0.25) is 0 Å². The average molecular weight is 356 g/mol. The van der Waals surface area contributed by atoms with Crippen LogP contribution in [-0.2, 0) is 14.3 Å². The van der Waals surface area contributed by atoms with Crippen LogP contribution >= 0.6 is 12.4 Å². The van der Waals surface area contributed by atoms with E-state index in [0.717, 1.165) is 51.3 Å². The second-order valence-corrected chi connectivity index (χ2v) is 6.03. The lowest BCUT2D eigenvalue weighted by atomic mass is 10.0. The molecule has 1 aromatic heterocycles. The largest absolute Gasteiger partial charge is 0.381 e. The highest BCUT2D eigenvalue weighted by Gasteiger charge is 2.27. The summed E-state index contributed by atoms with van der Waals surface area (Å²) in [6.45, 7) is 4.36. The van der Waals surface area contributed by atoms with E-state index in [9.17, 15) is 4.79 Å². The summed E-state index contributed by atoms with van der Waals surface area (Å²) in [6, 6.07) is 4.01. The fourth-order valence-corrected chi connectivity index (χ4v) is 3.17. The van der Waals surface area contributed by atoms with Crippen molar-refractivity contribution in [3.8, 4) is 0 Å². The average Bonchev–Trinajstić information content (AvgIpc) is 2.63. The topological polar surface area (TPSA) is 63.7 Å². The third-order valence-electron chi connectivity index (χ3n) is 4.47. The molecule has 2 fully saturated rings. The first kappa shape index (κ1) is 19.1. The Kier molecular flexibility index (Phi) is 7.91. The van der Waals surface area contributed by atoms with Gasteiger partial charge in [-0.15, -0.1) is 12.4 Å². The van der Waals surface area contributed by atoms with Gasteiger partial charge in [0.25, 0.3) is 0 Å². The Morgan fingerprint density at radius 3 is 3.00 bits per heavy atom. The van der Waals surface area contributed by atoms with Gasteiger partial charge in [-0.1, -0.05) is 6.07 Å². The normalized spacial score (nSPS) is 22.0. The molecule has 0 aliphatic carbocycles. The lowest BCUT2D eigenvalue weighted by Gasteiger charge is -2.36. The number of pyridine rings is 1. The van der Waals surface area contributed by atoms with Crippen molar-refractivity contribution in [2.75, 3.05) is 39.5 Å². The molecule has 0 spiro atoms. The number of rotatable bonds is 5. The van der Waals surface area contributed by atoms with Crippen LogP contribution in [0.1, 0.15) is 30.9 Å². The van der Waals surface area contributed by atoms with Crippen LogP contribution in [0.15, 0.2) is 24.5 Å². The summed E-state index contributed by atoms with van der Waals surface area (Å²) in [5.41, 5.74) is 1.08. The summed E-state index contributed by atoms with van der Waals surface area (Å²) in [5, 5.41) is 3.36. The molecule has 1 N–H and O–H groups in total. The molecule has 1 amide bonds. The van der Waals surface area contributed by atoms with Crippen molar-refractivity contribution >= 4 is 18.3 Å². The minimum atomic E-state index is 0. The van der Waals surface area contributed by atoms with Crippen LogP contribution < -0.4 is 5.32 Å². The van der Waals surface area contributed by atoms with E-state index >= 15 is 0 Å². The number of aromatic nitrogens is 1. The van der Waals surface area contributed by atoms with Gasteiger partial charge in [0.05, 0.1) is 25.2 Å². The molecule has 3 heterocycles. The van der Waals surface area contributed by atoms with Crippen molar-refractivity contribution in [2.45, 2.75) is 31.4 Å². The van der Waals surface area contributed by atoms with E-state index in [0.29, 0.717) is 13.0 Å². The number of nitrogens with one attached hydrogen (secondary N) is 1. The van der Waals surface area contributed by atoms with Gasteiger partial charge >= 0.3 is 0 Å². The van der Waals surface area contributed by atoms with Crippen molar-refractivity contribution in [1.82, 2.24) is 15.2 Å². The number of nitrogens with zero attached hydrogens (tertiary/aromatic N) is 2. The Morgan fingerprint density at radius 1 is 1.42 bits per heavy atom. The maximum absolute atomic E-state index is 12.6. The number of carbonyl (C=O) groups is 1. The van der Waals surface area contributed by atoms with E-state index in [1.165, 1.54) is 0 Å². The lowest BCUT2D eigenvalue weighted by Crippen LogP contribution is -2.49. The van der Waals surface area contributed by atoms with Crippen LogP contribution in [0.5, 0.6) is 0 Å². The van der Waals surface area contributed by atoms with Gasteiger partial charge in [-0.25, -0.2) is 0 Å². The SMILES string of the molecule is Cl.O=C(CCOC1CCOCC1)N1CCNCC1c1cccnc1. The van der Waals surface area contributed by atoms with Crippen molar-refractivity contribution in [2.24, 2.45) is 0 Å². The molecule has 1 aromatic rings. The van der Waals surface area contributed by atoms with Gasteiger partial charge in [0.1, 0.15) is 0 Å². The maximum Gasteiger partial charge on any atom is 0.225 e. The fourth-order valence-electron chi connectivity index (χ4n) is 3.17. The number of carbonyl (C=O) groups excluding carboxylic acids is 1. The minimum absolute atomic E-state index is 0. The molecule has 2 aliphatic rings. The Balaban J connectivity index is 0.00000208. The second kappa shape index (κ2) is 9.93. The molecule has 0 saturated carbocycles. The Hall–Kier alpha value is -1.21. The second-order valence-electron chi connectivity index (χ2n) is 6.03. The van der Waals surface area contributed by atoms with Gasteiger partial charge in [0.15, 0.2) is 0 Å². The summed E-state index contributed by atoms with van der Waals surface area (Å²) < 4.78 is 11.1. The number of hydrogen-bond donors (Lipinski definition) is 1. The van der Waals surface area contributed by atoms with E-state index in [-0.39, 0.29) is 30.5 Å². The monoisotopic (exact) mass is 355 g/mol. The molecule has 1 unspecified atom stereocenters. The van der Waals surface area contributed by atoms with Crippen LogP contribution in [-0.4, -0.2) is 61.3 Å². The van der Waals surface area contributed by atoms with Gasteiger partial charge in [-0.05, 0) is 24.5 Å². The number of amides is 1. The standard InChI is InChI=1S/C17H25N3O3.ClH/c21-17(5-11-23-15-3-9-22-10-4-15)20-8-7-19-13-16(20)14-2-1-6-18-12-14;/h1-2,6,12,15-16,19H,3-5,7-11,13H2;1H. The number of piperazine rings is 1. The summed E-state index contributed by atoms with van der Waals surface area (Å²) >= 11 is 0. The molecule has 1 atom stereocenters. The molecule has 6 nitrogen and oxygen atoms in total. The molecular formula is C17H26ClN3O3. The highest BCUT2D eigenvalue weighted by Crippen LogP contribution is 2.22. The van der Waals surface area contributed by atoms with Crippen molar-refractivity contribution in [3.63, 3.8) is 0 Å². The Labute approximate surface area is 149 Å². The lowest BCUT2D eigenvalue weighted by molar-refractivity contribution is -0.136. The zero-order chi connectivity index (χ0) is 15.9. The molecular weight excluding hydrogens is 330 g/mol. The fraction of sp³-hybridized carbons (Fsp3) is 0.647. The molecule has 3 rings (SSSR count). The zero-order valence-electron chi connectivity index (χ0n) is 13.9. The van der Waals surface area contributed by atoms with Crippen LogP contribution in [0.25, 0.3) is 0 Å². The van der Waals surface area contributed by atoms with Crippen LogP contribution in [0, 0.1) is 0 Å². The van der Waals surface area contributed by atoms with E-state index in [2.05, 4.69) is 10.3 Å². The molecule has 2 aliphatic heterocycles. The van der Waals surface area contributed by atoms with Gasteiger partial charge < -0.3 is 19.7 Å². The molecule has 0 radical (unpaired) electrons. The molecule has 0 bridgehead atoms. The first-order valence-corrected chi connectivity index (χ1v) is 8.44. The van der Waals surface area contributed by atoms with E-state index in [1.54, 1.807) is 6.20 Å². The number of halogens is 1. The van der Waals surface area contributed by atoms with Crippen LogP contribution in [0.4, 0.5) is 0 Å².